The third-order valence-electron chi connectivity index (χ3n) is 10.8. The van der Waals surface area contributed by atoms with Crippen LogP contribution < -0.4 is 5.32 Å². The van der Waals surface area contributed by atoms with Crippen LogP contribution in [0.15, 0.2) is 66.9 Å². The van der Waals surface area contributed by atoms with Gasteiger partial charge in [-0.2, -0.15) is 0 Å². The Morgan fingerprint density at radius 2 is 1.65 bits per heavy atom. The summed E-state index contributed by atoms with van der Waals surface area (Å²) in [6, 6.07) is 11.0. The molecule has 0 saturated carbocycles. The van der Waals surface area contributed by atoms with E-state index < -0.39 is 82.8 Å². The van der Waals surface area contributed by atoms with Crippen molar-refractivity contribution >= 4 is 35.9 Å². The van der Waals surface area contributed by atoms with Crippen molar-refractivity contribution in [2.45, 2.75) is 85.4 Å². The van der Waals surface area contributed by atoms with Gasteiger partial charge < -0.3 is 38.6 Å². The van der Waals surface area contributed by atoms with Gasteiger partial charge in [0.2, 0.25) is 0 Å². The number of aromatic nitrogens is 2. The van der Waals surface area contributed by atoms with Crippen molar-refractivity contribution in [1.82, 2.24) is 29.6 Å². The molecule has 2 aromatic carbocycles. The molecule has 3 heterocycles. The number of carbonyl (C=O) groups is 6. The Bertz CT molecular complexity index is 2210. The van der Waals surface area contributed by atoms with Crippen LogP contribution in [0, 0.1) is 23.0 Å². The van der Waals surface area contributed by atoms with Crippen molar-refractivity contribution in [1.29, 1.82) is 0 Å². The number of hydrogen-bond donors (Lipinski definition) is 1. The molecule has 1 fully saturated rings. The number of carbonyl (C=O) groups excluding carboxylic acids is 6. The Morgan fingerprint density at radius 3 is 2.31 bits per heavy atom. The van der Waals surface area contributed by atoms with Gasteiger partial charge in [0.05, 0.1) is 44.6 Å². The standard InChI is InChI=1S/C46H57F3N6O10/c1-29(64-30(2)56)42(59)55(26-32-25-53(27-36(32)49)44(61)65-45(3,4)5)40(46(6,7)17-20-63-43(60)50-18-21-62-22-19-54-38(57)15-16-39(54)58)41-51-37(34-23-33(47)13-14-35(34)48)28-52(41)24-31-11-9-8-10-12-31/h8-16,23,28-29,32,36,40H,17-22,24-27H2,1-7H3,(H,50,60). The number of nitrogens with one attached hydrogen (secondary N) is 1. The molecule has 5 amide bonds. The second-order valence-corrected chi connectivity index (χ2v) is 17.6. The highest BCUT2D eigenvalue weighted by Crippen LogP contribution is 2.43. The van der Waals surface area contributed by atoms with Crippen LogP contribution in [0.2, 0.25) is 0 Å². The van der Waals surface area contributed by atoms with Gasteiger partial charge in [-0.1, -0.05) is 44.2 Å². The summed E-state index contributed by atoms with van der Waals surface area (Å²) >= 11 is 0. The summed E-state index contributed by atoms with van der Waals surface area (Å²) in [6.07, 6.45) is -0.620. The predicted molar refractivity (Wildman–Crippen MR) is 229 cm³/mol. The maximum absolute atomic E-state index is 16.2. The first-order valence-corrected chi connectivity index (χ1v) is 21.3. The van der Waals surface area contributed by atoms with E-state index in [4.69, 9.17) is 23.9 Å². The molecule has 0 radical (unpaired) electrons. The van der Waals surface area contributed by atoms with Crippen LogP contribution in [0.4, 0.5) is 22.8 Å². The van der Waals surface area contributed by atoms with E-state index in [0.29, 0.717) is 0 Å². The van der Waals surface area contributed by atoms with E-state index in [9.17, 15) is 33.2 Å². The summed E-state index contributed by atoms with van der Waals surface area (Å²) in [4.78, 5) is 85.0. The highest BCUT2D eigenvalue weighted by Gasteiger charge is 2.46. The van der Waals surface area contributed by atoms with E-state index in [0.717, 1.165) is 35.6 Å². The smallest absolute Gasteiger partial charge is 0.410 e. The van der Waals surface area contributed by atoms with Gasteiger partial charge >= 0.3 is 18.2 Å². The van der Waals surface area contributed by atoms with Crippen molar-refractivity contribution < 1.29 is 60.9 Å². The molecule has 4 unspecified atom stereocenters. The molecule has 3 aromatic rings. The SMILES string of the molecule is CC(=O)OC(C)C(=O)N(CC1CN(C(=O)OC(C)(C)C)CC1F)C(c1nc(-c2cc(F)ccc2F)cn1Cc1ccccc1)C(C)(C)CCOC(=O)NCCOCCN1C(=O)C=CC1=O. The van der Waals surface area contributed by atoms with Crippen LogP contribution in [-0.2, 0) is 44.7 Å². The molecule has 5 rings (SSSR count). The Labute approximate surface area is 376 Å². The number of hydrogen-bond acceptors (Lipinski definition) is 11. The van der Waals surface area contributed by atoms with Crippen molar-refractivity contribution in [3.63, 3.8) is 0 Å². The zero-order chi connectivity index (χ0) is 47.6. The second-order valence-electron chi connectivity index (χ2n) is 17.6. The fraction of sp³-hybridized carbons (Fsp3) is 0.500. The maximum atomic E-state index is 16.2. The third kappa shape index (κ3) is 13.6. The van der Waals surface area contributed by atoms with Crippen molar-refractivity contribution in [2.24, 2.45) is 11.3 Å². The lowest BCUT2D eigenvalue weighted by Crippen LogP contribution is -2.50. The fourth-order valence-corrected chi connectivity index (χ4v) is 7.61. The molecule has 19 heteroatoms. The first-order chi connectivity index (χ1) is 30.6. The van der Waals surface area contributed by atoms with Gasteiger partial charge in [0.15, 0.2) is 6.10 Å². The first-order valence-electron chi connectivity index (χ1n) is 21.3. The van der Waals surface area contributed by atoms with Gasteiger partial charge in [-0.15, -0.1) is 0 Å². The van der Waals surface area contributed by atoms with Gasteiger partial charge in [0, 0.05) is 62.9 Å². The van der Waals surface area contributed by atoms with Gasteiger partial charge in [-0.05, 0) is 63.3 Å². The number of imide groups is 1. The molecule has 2 aliphatic heterocycles. The maximum Gasteiger partial charge on any atom is 0.410 e. The lowest BCUT2D eigenvalue weighted by molar-refractivity contribution is -0.161. The van der Waals surface area contributed by atoms with Crippen LogP contribution in [0.25, 0.3) is 11.3 Å². The molecule has 0 aliphatic carbocycles. The number of alkyl halides is 1. The minimum Gasteiger partial charge on any atom is -0.453 e. The minimum absolute atomic E-state index is 0.0302. The highest BCUT2D eigenvalue weighted by atomic mass is 19.1. The molecule has 16 nitrogen and oxygen atoms in total. The number of likely N-dealkylation sites (tertiary alicyclic amines) is 1. The Kier molecular flexibility index (Phi) is 16.6. The van der Waals surface area contributed by atoms with Gasteiger partial charge in [0.25, 0.3) is 17.7 Å². The Hall–Kier alpha value is -6.24. The topological polar surface area (TPSA) is 179 Å². The lowest BCUT2D eigenvalue weighted by atomic mass is 9.79. The van der Waals surface area contributed by atoms with Crippen LogP contribution in [-0.4, -0.2) is 131 Å². The quantitative estimate of drug-likeness (QED) is 0.0647. The van der Waals surface area contributed by atoms with Crippen molar-refractivity contribution in [2.75, 3.05) is 52.5 Å². The van der Waals surface area contributed by atoms with Crippen LogP contribution in [0.3, 0.4) is 0 Å². The van der Waals surface area contributed by atoms with Crippen LogP contribution >= 0.6 is 0 Å². The molecule has 0 bridgehead atoms. The Morgan fingerprint density at radius 1 is 0.954 bits per heavy atom. The van der Waals surface area contributed by atoms with E-state index >= 15 is 8.78 Å². The number of nitrogens with zero attached hydrogens (tertiary/aromatic N) is 5. The molecule has 0 spiro atoms. The molecular formula is C46H57F3N6O10. The van der Waals surface area contributed by atoms with E-state index in [1.807, 2.05) is 30.3 Å². The molecule has 1 saturated heterocycles. The van der Waals surface area contributed by atoms with E-state index in [-0.39, 0.29) is 82.6 Å². The average Bonchev–Trinajstić information content (AvgIpc) is 3.91. The number of esters is 1. The number of ether oxygens (including phenoxy) is 4. The van der Waals surface area contributed by atoms with Crippen molar-refractivity contribution in [3.8, 4) is 11.3 Å². The van der Waals surface area contributed by atoms with E-state index in [1.165, 1.54) is 35.1 Å². The highest BCUT2D eigenvalue weighted by molar-refractivity contribution is 6.12. The first kappa shape index (κ1) is 49.8. The van der Waals surface area contributed by atoms with Crippen molar-refractivity contribution in [3.05, 3.63) is 89.9 Å². The van der Waals surface area contributed by atoms with Crippen LogP contribution in [0.5, 0.6) is 0 Å². The zero-order valence-electron chi connectivity index (χ0n) is 37.7. The van der Waals surface area contributed by atoms with E-state index in [1.54, 1.807) is 39.2 Å². The monoisotopic (exact) mass is 910 g/mol. The number of imidazole rings is 1. The number of halogens is 3. The predicted octanol–water partition coefficient (Wildman–Crippen LogP) is 5.99. The largest absolute Gasteiger partial charge is 0.453 e. The molecule has 352 valence electrons. The minimum atomic E-state index is -1.62. The molecular weight excluding hydrogens is 854 g/mol. The fourth-order valence-electron chi connectivity index (χ4n) is 7.61. The zero-order valence-corrected chi connectivity index (χ0v) is 37.7. The third-order valence-corrected chi connectivity index (χ3v) is 10.8. The summed E-state index contributed by atoms with van der Waals surface area (Å²) in [5.41, 5.74) is -1.35. The molecule has 1 aromatic heterocycles. The van der Waals surface area contributed by atoms with Crippen LogP contribution in [0.1, 0.15) is 72.3 Å². The molecule has 65 heavy (non-hydrogen) atoms. The summed E-state index contributed by atoms with van der Waals surface area (Å²) in [7, 11) is 0. The molecule has 1 N–H and O–H groups in total. The average molecular weight is 911 g/mol. The normalized spacial score (nSPS) is 17.3. The lowest BCUT2D eigenvalue weighted by Gasteiger charge is -2.43. The number of alkyl carbamates (subject to hydrolysis) is 1. The van der Waals surface area contributed by atoms with Gasteiger partial charge in [0.1, 0.15) is 29.2 Å². The number of rotatable bonds is 19. The summed E-state index contributed by atoms with van der Waals surface area (Å²) in [6.45, 7) is 10.4. The second kappa shape index (κ2) is 21.6. The van der Waals surface area contributed by atoms with E-state index in [2.05, 4.69) is 5.32 Å². The number of amides is 5. The molecule has 4 atom stereocenters. The summed E-state index contributed by atoms with van der Waals surface area (Å²) in [5.74, 6) is -4.64. The summed E-state index contributed by atoms with van der Waals surface area (Å²) in [5, 5.41) is 2.57. The summed E-state index contributed by atoms with van der Waals surface area (Å²) < 4.78 is 70.0. The van der Waals surface area contributed by atoms with Gasteiger partial charge in [-0.25, -0.2) is 27.7 Å². The number of benzene rings is 2. The Balaban J connectivity index is 1.48. The molecule has 2 aliphatic rings. The van der Waals surface area contributed by atoms with Gasteiger partial charge in [-0.3, -0.25) is 24.1 Å².